The molecule has 3 aromatic carbocycles. The second-order valence-electron chi connectivity index (χ2n) is 18.5. The molecule has 7 heterocycles. The van der Waals surface area contributed by atoms with Gasteiger partial charge in [0.15, 0.2) is 0 Å². The first-order valence-electron chi connectivity index (χ1n) is 24.8. The Balaban J connectivity index is 0.000000188. The van der Waals surface area contributed by atoms with Crippen LogP contribution in [0.3, 0.4) is 0 Å². The highest BCUT2D eigenvalue weighted by molar-refractivity contribution is 5.99. The van der Waals surface area contributed by atoms with Crippen LogP contribution >= 0.6 is 0 Å². The molecular formula is C55H57F4N15O3. The van der Waals surface area contributed by atoms with E-state index in [0.29, 0.717) is 11.4 Å². The Morgan fingerprint density at radius 2 is 1.25 bits per heavy atom. The number of nitrogens with one attached hydrogen (secondary N) is 5. The molecule has 2 aliphatic rings. The van der Waals surface area contributed by atoms with Gasteiger partial charge in [0.2, 0.25) is 23.7 Å². The lowest BCUT2D eigenvalue weighted by atomic mass is 10.0. The van der Waals surface area contributed by atoms with Gasteiger partial charge in [-0.05, 0) is 106 Å². The molecule has 5 aromatic heterocycles. The van der Waals surface area contributed by atoms with E-state index in [4.69, 9.17) is 0 Å². The number of benzene rings is 3. The molecule has 0 spiro atoms. The van der Waals surface area contributed by atoms with Gasteiger partial charge in [-0.15, -0.1) is 0 Å². The zero-order chi connectivity index (χ0) is 54.3. The summed E-state index contributed by atoms with van der Waals surface area (Å²) in [6, 6.07) is 25.3. The van der Waals surface area contributed by atoms with Crippen LogP contribution in [0.5, 0.6) is 0 Å². The SMILES string of the molecule is C/C=C/C(=O)Nc1cccc(C(F)(F)c2nc(Nc3ccc(N4CCN(C)CC4)cc3)nc3c2ccn3CO)c1.C=CC(=O)Nc1cccc(C(F)(F)c2nc(Nc3ccc(N4CCN(C)CC4)nc3)nc3[nH]ccc23)c1. The average molecular weight is 1050 g/mol. The molecule has 0 atom stereocenters. The van der Waals surface area contributed by atoms with Gasteiger partial charge in [0.05, 0.1) is 11.9 Å². The third kappa shape index (κ3) is 12.2. The molecule has 77 heavy (non-hydrogen) atoms. The molecule has 2 amide bonds. The second kappa shape index (κ2) is 23.0. The molecule has 18 nitrogen and oxygen atoms in total. The molecule has 2 aliphatic heterocycles. The molecule has 2 fully saturated rings. The number of piperazine rings is 2. The maximum absolute atomic E-state index is 16.1. The van der Waals surface area contributed by atoms with Crippen molar-refractivity contribution >= 4 is 80.0 Å². The number of aromatic nitrogens is 7. The predicted octanol–water partition coefficient (Wildman–Crippen LogP) is 8.64. The van der Waals surface area contributed by atoms with Gasteiger partial charge in [0.1, 0.15) is 35.2 Å². The van der Waals surface area contributed by atoms with Crippen LogP contribution in [0, 0.1) is 0 Å². The number of aromatic amines is 1. The zero-order valence-corrected chi connectivity index (χ0v) is 42.5. The highest BCUT2D eigenvalue weighted by atomic mass is 19.3. The Morgan fingerprint density at radius 1 is 0.675 bits per heavy atom. The van der Waals surface area contributed by atoms with Gasteiger partial charge < -0.3 is 55.5 Å². The predicted molar refractivity (Wildman–Crippen MR) is 291 cm³/mol. The molecule has 10 rings (SSSR count). The number of rotatable bonds is 15. The van der Waals surface area contributed by atoms with Gasteiger partial charge in [-0.1, -0.05) is 36.9 Å². The zero-order valence-electron chi connectivity index (χ0n) is 42.5. The standard InChI is InChI=1S/C29H31F2N7O2.C26H26F2N8O/c1-3-5-25(40)32-22-7-4-6-20(18-22)29(30,31)26-24-12-13-38(19-39)27(24)35-28(34-26)33-21-8-10-23(11-9-21)37-16-14-36(2)15-17-37;1-3-22(37)31-18-6-4-5-17(15-18)26(27,28)23-20-9-10-29-24(20)34-25(33-23)32-19-7-8-21(30-16-19)36-13-11-35(2)12-14-36/h3-13,18,39H,14-17,19H2,1-2H3,(H,32,40)(H,33,34,35);3-10,15-16H,1,11-14H2,2H3,(H,31,37)(H2,29,32,33,34)/b5-3+;. The van der Waals surface area contributed by atoms with Gasteiger partial charge in [0, 0.05) is 109 Å². The summed E-state index contributed by atoms with van der Waals surface area (Å²) in [7, 11) is 4.19. The number of pyridine rings is 1. The Hall–Kier alpha value is -8.73. The minimum atomic E-state index is -3.54. The number of nitrogens with zero attached hydrogens (tertiary/aromatic N) is 10. The second-order valence-corrected chi connectivity index (χ2v) is 18.5. The van der Waals surface area contributed by atoms with E-state index in [2.05, 4.69) is 91.4 Å². The minimum absolute atomic E-state index is 0.00915. The van der Waals surface area contributed by atoms with E-state index in [1.807, 2.05) is 36.4 Å². The lowest BCUT2D eigenvalue weighted by molar-refractivity contribution is -0.112. The van der Waals surface area contributed by atoms with Crippen molar-refractivity contribution in [2.45, 2.75) is 25.5 Å². The summed E-state index contributed by atoms with van der Waals surface area (Å²) in [4.78, 5) is 57.3. The lowest BCUT2D eigenvalue weighted by Crippen LogP contribution is -2.44. The number of H-pyrrole nitrogens is 1. The van der Waals surface area contributed by atoms with Crippen LogP contribution in [0.4, 0.5) is 63.7 Å². The van der Waals surface area contributed by atoms with E-state index in [9.17, 15) is 14.7 Å². The highest BCUT2D eigenvalue weighted by Gasteiger charge is 2.40. The topological polar surface area (TPSA) is 201 Å². The van der Waals surface area contributed by atoms with E-state index in [0.717, 1.165) is 69.9 Å². The fraction of sp³-hybridized carbons (Fsp3) is 0.255. The van der Waals surface area contributed by atoms with Crippen LogP contribution in [0.2, 0.25) is 0 Å². The van der Waals surface area contributed by atoms with E-state index in [1.165, 1.54) is 83.7 Å². The summed E-state index contributed by atoms with van der Waals surface area (Å²) >= 11 is 0. The molecule has 0 aliphatic carbocycles. The Morgan fingerprint density at radius 3 is 1.83 bits per heavy atom. The summed E-state index contributed by atoms with van der Waals surface area (Å²) in [5.41, 5.74) is 1.56. The quantitative estimate of drug-likeness (QED) is 0.0421. The molecule has 0 unspecified atom stereocenters. The van der Waals surface area contributed by atoms with Crippen molar-refractivity contribution < 1.29 is 32.3 Å². The number of amides is 2. The third-order valence-electron chi connectivity index (χ3n) is 13.1. The first-order valence-corrected chi connectivity index (χ1v) is 24.8. The number of alkyl halides is 4. The van der Waals surface area contributed by atoms with Crippen molar-refractivity contribution in [3.63, 3.8) is 0 Å². The van der Waals surface area contributed by atoms with Crippen molar-refractivity contribution in [2.24, 2.45) is 0 Å². The fourth-order valence-electron chi connectivity index (χ4n) is 8.86. The van der Waals surface area contributed by atoms with Crippen LogP contribution in [0.15, 0.2) is 140 Å². The molecule has 22 heteroatoms. The van der Waals surface area contributed by atoms with Crippen molar-refractivity contribution in [1.82, 2.24) is 44.3 Å². The van der Waals surface area contributed by atoms with Crippen molar-refractivity contribution in [1.29, 1.82) is 0 Å². The summed E-state index contributed by atoms with van der Waals surface area (Å²) in [6.07, 6.45) is 8.61. The lowest BCUT2D eigenvalue weighted by Gasteiger charge is -2.34. The number of allylic oxidation sites excluding steroid dienone is 1. The van der Waals surface area contributed by atoms with Crippen molar-refractivity contribution in [3.05, 3.63) is 163 Å². The Labute approximate surface area is 441 Å². The van der Waals surface area contributed by atoms with Gasteiger partial charge in [0.25, 0.3) is 0 Å². The van der Waals surface area contributed by atoms with Gasteiger partial charge in [-0.2, -0.15) is 27.5 Å². The van der Waals surface area contributed by atoms with Gasteiger partial charge in [-0.25, -0.2) is 15.0 Å². The molecule has 0 bridgehead atoms. The normalized spacial score (nSPS) is 14.6. The summed E-state index contributed by atoms with van der Waals surface area (Å²) < 4.78 is 65.1. The molecule has 2 saturated heterocycles. The molecule has 398 valence electrons. The average Bonchev–Trinajstić information content (AvgIpc) is 4.10. The number of halogens is 4. The summed E-state index contributed by atoms with van der Waals surface area (Å²) in [5.74, 6) is -7.08. The summed E-state index contributed by atoms with van der Waals surface area (Å²) in [5, 5.41) is 21.2. The number of aliphatic hydroxyl groups is 1. The van der Waals surface area contributed by atoms with E-state index in [-0.39, 0.29) is 56.5 Å². The number of aliphatic hydroxyl groups excluding tert-OH is 1. The van der Waals surface area contributed by atoms with E-state index >= 15 is 17.6 Å². The molecular weight excluding hydrogens is 995 g/mol. The number of hydrogen-bond donors (Lipinski definition) is 6. The summed E-state index contributed by atoms with van der Waals surface area (Å²) in [6.45, 7) is 12.2. The number of carbonyl (C=O) groups excluding carboxylic acids is 2. The van der Waals surface area contributed by atoms with E-state index < -0.39 is 41.8 Å². The molecule has 0 radical (unpaired) electrons. The van der Waals surface area contributed by atoms with Crippen LogP contribution in [-0.4, -0.2) is 128 Å². The van der Waals surface area contributed by atoms with Crippen molar-refractivity contribution in [3.8, 4) is 0 Å². The van der Waals surface area contributed by atoms with Crippen LogP contribution in [0.1, 0.15) is 29.4 Å². The number of fused-ring (bicyclic) bond motifs is 2. The van der Waals surface area contributed by atoms with Crippen LogP contribution < -0.4 is 31.1 Å². The van der Waals surface area contributed by atoms with Gasteiger partial charge >= 0.3 is 11.8 Å². The molecule has 0 saturated carbocycles. The largest absolute Gasteiger partial charge is 0.376 e. The third-order valence-corrected chi connectivity index (χ3v) is 13.1. The van der Waals surface area contributed by atoms with Crippen LogP contribution in [0.25, 0.3) is 22.1 Å². The van der Waals surface area contributed by atoms with E-state index in [1.54, 1.807) is 19.2 Å². The number of hydrogen-bond acceptors (Lipinski definition) is 14. The highest BCUT2D eigenvalue weighted by Crippen LogP contribution is 2.41. The maximum Gasteiger partial charge on any atom is 0.315 e. The maximum atomic E-state index is 16.1. The molecule has 8 aromatic rings. The fourth-order valence-corrected chi connectivity index (χ4v) is 8.86. The monoisotopic (exact) mass is 1050 g/mol. The first-order chi connectivity index (χ1) is 37.1. The number of anilines is 8. The van der Waals surface area contributed by atoms with Gasteiger partial charge in [-0.3, -0.25) is 9.59 Å². The molecule has 6 N–H and O–H groups in total. The van der Waals surface area contributed by atoms with Crippen LogP contribution in [-0.2, 0) is 28.2 Å². The van der Waals surface area contributed by atoms with Crippen molar-refractivity contribution in [2.75, 3.05) is 97.5 Å². The number of carbonyl (C=O) groups is 2. The first kappa shape index (κ1) is 53.1. The Kier molecular flexibility index (Phi) is 15.9. The minimum Gasteiger partial charge on any atom is -0.376 e. The smallest absolute Gasteiger partial charge is 0.315 e. The Bertz CT molecular complexity index is 3410. The number of likely N-dealkylation sites (N-methyl/N-ethyl adjacent to an activating group) is 2.